The van der Waals surface area contributed by atoms with Gasteiger partial charge in [0.15, 0.2) is 0 Å². The van der Waals surface area contributed by atoms with Gasteiger partial charge in [-0.2, -0.15) is 0 Å². The lowest BCUT2D eigenvalue weighted by Gasteiger charge is -2.27. The Kier molecular flexibility index (Phi) is 12.3. The SMILES string of the molecule is CN(C)CCCN1c2ccccc2CCc2ccc(Cl)cc21.Cc1cccc(N(C)C(=S)Oc2ccc3ccccc3c2)c1.Cl. The topological polar surface area (TPSA) is 19.0 Å². The maximum Gasteiger partial charge on any atom is 0.269 e. The Morgan fingerprint density at radius 3 is 2.24 bits per heavy atom. The Labute approximate surface area is 284 Å². The number of benzene rings is 5. The van der Waals surface area contributed by atoms with Gasteiger partial charge in [0, 0.05) is 35.7 Å². The number of thiocarbonyl (C=S) groups is 1. The number of anilines is 3. The summed E-state index contributed by atoms with van der Waals surface area (Å²) >= 11 is 11.7. The maximum absolute atomic E-state index is 6.27. The molecule has 5 aromatic carbocycles. The number of hydrogen-bond donors (Lipinski definition) is 0. The quantitative estimate of drug-likeness (QED) is 0.169. The molecule has 7 heteroatoms. The van der Waals surface area contributed by atoms with E-state index in [0.717, 1.165) is 54.2 Å². The highest BCUT2D eigenvalue weighted by atomic mass is 35.5. The minimum atomic E-state index is 0. The third-order valence-corrected chi connectivity index (χ3v) is 8.45. The summed E-state index contributed by atoms with van der Waals surface area (Å²) in [5, 5.41) is 3.57. The Bertz CT molecular complexity index is 1740. The molecule has 0 radical (unpaired) electrons. The molecule has 5 aromatic rings. The third kappa shape index (κ3) is 8.99. The molecule has 0 fully saturated rings. The molecule has 1 aliphatic heterocycles. The normalized spacial score (nSPS) is 11.8. The Morgan fingerprint density at radius 2 is 1.49 bits per heavy atom. The lowest BCUT2D eigenvalue weighted by molar-refractivity contribution is 0.402. The highest BCUT2D eigenvalue weighted by molar-refractivity contribution is 7.80. The summed E-state index contributed by atoms with van der Waals surface area (Å²) < 4.78 is 5.84. The molecule has 0 amide bonds. The van der Waals surface area contributed by atoms with Crippen molar-refractivity contribution in [2.75, 3.05) is 44.0 Å². The van der Waals surface area contributed by atoms with Gasteiger partial charge in [-0.05, 0) is 129 Å². The van der Waals surface area contributed by atoms with Crippen LogP contribution in [0.25, 0.3) is 10.8 Å². The van der Waals surface area contributed by atoms with Gasteiger partial charge in [0.05, 0.1) is 0 Å². The fourth-order valence-corrected chi connectivity index (χ4v) is 5.88. The molecule has 1 heterocycles. The van der Waals surface area contributed by atoms with Gasteiger partial charge < -0.3 is 19.4 Å². The second kappa shape index (κ2) is 16.1. The lowest BCUT2D eigenvalue weighted by atomic mass is 10.0. The minimum Gasteiger partial charge on any atom is -0.432 e. The van der Waals surface area contributed by atoms with Gasteiger partial charge in [0.2, 0.25) is 0 Å². The zero-order valence-electron chi connectivity index (χ0n) is 26.4. The van der Waals surface area contributed by atoms with Crippen LogP contribution >= 0.6 is 36.2 Å². The monoisotopic (exact) mass is 657 g/mol. The molecule has 0 aromatic heterocycles. The predicted molar refractivity (Wildman–Crippen MR) is 199 cm³/mol. The molecule has 0 atom stereocenters. The van der Waals surface area contributed by atoms with E-state index in [1.54, 1.807) is 0 Å². The van der Waals surface area contributed by atoms with E-state index in [2.05, 4.69) is 91.5 Å². The van der Waals surface area contributed by atoms with E-state index in [1.807, 2.05) is 60.5 Å². The van der Waals surface area contributed by atoms with E-state index >= 15 is 0 Å². The first-order valence-electron chi connectivity index (χ1n) is 15.1. The molecule has 0 saturated carbocycles. The first-order valence-corrected chi connectivity index (χ1v) is 15.9. The molecular formula is C38H41Cl2N3OS. The zero-order valence-corrected chi connectivity index (χ0v) is 28.8. The standard InChI is InChI=1S/C19H23ClN2.C19H17NOS.ClH/c1-21(2)12-5-13-22-18-7-4-3-6-15(18)8-9-16-10-11-17(20)14-19(16)22;1-14-6-5-9-17(12-14)20(2)19(22)21-18-11-10-15-7-3-4-8-16(15)13-18;/h3-4,6-7,10-11,14H,5,8-9,12-13H2,1-2H3;3-13H,1-2H3;1H. The fraction of sp³-hybridized carbons (Fsp3) is 0.237. The average molecular weight is 659 g/mol. The van der Waals surface area contributed by atoms with Crippen molar-refractivity contribution >= 4 is 69.2 Å². The number of rotatable bonds is 6. The molecule has 0 aliphatic carbocycles. The highest BCUT2D eigenvalue weighted by Gasteiger charge is 2.20. The van der Waals surface area contributed by atoms with Crippen molar-refractivity contribution in [2.24, 2.45) is 0 Å². The summed E-state index contributed by atoms with van der Waals surface area (Å²) in [5.41, 5.74) is 7.65. The van der Waals surface area contributed by atoms with Gasteiger partial charge in [-0.15, -0.1) is 12.4 Å². The zero-order chi connectivity index (χ0) is 31.1. The summed E-state index contributed by atoms with van der Waals surface area (Å²) in [6.07, 6.45) is 3.30. The predicted octanol–water partition coefficient (Wildman–Crippen LogP) is 9.90. The van der Waals surface area contributed by atoms with Crippen molar-refractivity contribution in [3.63, 3.8) is 0 Å². The van der Waals surface area contributed by atoms with Crippen LogP contribution in [0, 0.1) is 6.92 Å². The van der Waals surface area contributed by atoms with Crippen molar-refractivity contribution in [1.29, 1.82) is 0 Å². The molecule has 45 heavy (non-hydrogen) atoms. The minimum absolute atomic E-state index is 0. The van der Waals surface area contributed by atoms with E-state index in [9.17, 15) is 0 Å². The number of halogens is 2. The Balaban J connectivity index is 0.000000200. The summed E-state index contributed by atoms with van der Waals surface area (Å²) in [5.74, 6) is 0.753. The molecule has 234 valence electrons. The van der Waals surface area contributed by atoms with Crippen LogP contribution in [-0.2, 0) is 12.8 Å². The molecule has 6 rings (SSSR count). The van der Waals surface area contributed by atoms with Crippen LogP contribution in [0.3, 0.4) is 0 Å². The average Bonchev–Trinajstić information content (AvgIpc) is 3.17. The van der Waals surface area contributed by atoms with Crippen LogP contribution in [0.2, 0.25) is 5.02 Å². The molecule has 0 bridgehead atoms. The smallest absolute Gasteiger partial charge is 0.269 e. The number of nitrogens with zero attached hydrogens (tertiary/aromatic N) is 3. The van der Waals surface area contributed by atoms with E-state index in [4.69, 9.17) is 28.6 Å². The van der Waals surface area contributed by atoms with Gasteiger partial charge in [-0.3, -0.25) is 0 Å². The highest BCUT2D eigenvalue weighted by Crippen LogP contribution is 2.37. The Morgan fingerprint density at radius 1 is 0.778 bits per heavy atom. The van der Waals surface area contributed by atoms with E-state index in [1.165, 1.54) is 33.5 Å². The first kappa shape index (κ1) is 34.3. The fourth-order valence-electron chi connectivity index (χ4n) is 5.51. The summed E-state index contributed by atoms with van der Waals surface area (Å²) in [7, 11) is 6.17. The number of para-hydroxylation sites is 1. The van der Waals surface area contributed by atoms with E-state index in [0.29, 0.717) is 5.17 Å². The summed E-state index contributed by atoms with van der Waals surface area (Å²) in [6, 6.07) is 37.4. The second-order valence-electron chi connectivity index (χ2n) is 11.5. The van der Waals surface area contributed by atoms with Gasteiger partial charge in [0.25, 0.3) is 5.17 Å². The molecule has 0 unspecified atom stereocenters. The van der Waals surface area contributed by atoms with E-state index in [-0.39, 0.29) is 12.4 Å². The maximum atomic E-state index is 6.27. The van der Waals surface area contributed by atoms with Crippen molar-refractivity contribution < 1.29 is 4.74 Å². The number of aryl methyl sites for hydroxylation is 3. The second-order valence-corrected chi connectivity index (χ2v) is 12.3. The molecular weight excluding hydrogens is 617 g/mol. The van der Waals surface area contributed by atoms with Crippen LogP contribution in [0.1, 0.15) is 23.1 Å². The molecule has 0 saturated heterocycles. The number of fused-ring (bicyclic) bond motifs is 3. The summed E-state index contributed by atoms with van der Waals surface area (Å²) in [6.45, 7) is 4.17. The van der Waals surface area contributed by atoms with Crippen molar-refractivity contribution in [3.05, 3.63) is 131 Å². The first-order chi connectivity index (χ1) is 21.3. The van der Waals surface area contributed by atoms with Gasteiger partial charge in [-0.25, -0.2) is 0 Å². The summed E-state index contributed by atoms with van der Waals surface area (Å²) in [4.78, 5) is 6.56. The van der Waals surface area contributed by atoms with Gasteiger partial charge in [0.1, 0.15) is 5.75 Å². The van der Waals surface area contributed by atoms with Crippen LogP contribution in [0.15, 0.2) is 109 Å². The number of ether oxygens (including phenoxy) is 1. The van der Waals surface area contributed by atoms with Crippen molar-refractivity contribution in [3.8, 4) is 5.75 Å². The Hall–Kier alpha value is -3.61. The van der Waals surface area contributed by atoms with Crippen molar-refractivity contribution in [1.82, 2.24) is 4.90 Å². The van der Waals surface area contributed by atoms with Crippen LogP contribution in [0.5, 0.6) is 5.75 Å². The van der Waals surface area contributed by atoms with Crippen LogP contribution in [-0.4, -0.2) is 44.3 Å². The largest absolute Gasteiger partial charge is 0.432 e. The lowest BCUT2D eigenvalue weighted by Crippen LogP contribution is -2.29. The van der Waals surface area contributed by atoms with Gasteiger partial charge >= 0.3 is 0 Å². The molecule has 0 spiro atoms. The van der Waals surface area contributed by atoms with Crippen molar-refractivity contribution in [2.45, 2.75) is 26.2 Å². The van der Waals surface area contributed by atoms with Crippen LogP contribution < -0.4 is 14.5 Å². The molecule has 0 N–H and O–H groups in total. The molecule has 4 nitrogen and oxygen atoms in total. The van der Waals surface area contributed by atoms with E-state index < -0.39 is 0 Å². The number of hydrogen-bond acceptors (Lipinski definition) is 4. The third-order valence-electron chi connectivity index (χ3n) is 7.86. The van der Waals surface area contributed by atoms with Crippen LogP contribution in [0.4, 0.5) is 17.1 Å². The van der Waals surface area contributed by atoms with Gasteiger partial charge in [-0.1, -0.05) is 78.3 Å². The molecule has 1 aliphatic rings.